The van der Waals surface area contributed by atoms with Gasteiger partial charge >= 0.3 is 12.2 Å². The molecule has 6 rings (SSSR count). The average Bonchev–Trinajstić information content (AvgIpc) is 3.99. The number of nitrogens with one attached hydrogen (secondary N) is 3. The number of fused-ring (bicyclic) bond motifs is 3. The van der Waals surface area contributed by atoms with Crippen molar-refractivity contribution in [2.45, 2.75) is 121 Å². The molecule has 3 N–H and O–H groups in total. The standard InChI is InChI=1S/C37H51N5O10S/c1-5-24-19-37(24,33(45)40-53(48,49)26-14-15-26)39-31(43)28-18-25-21-42(28)32(44)30(36(2,3)4)38-34(46)51-17-10-8-6-7-9-16-50-29-13-11-12-23-20-41(22-27(23)29)35(47)52-25/h5,11-13,24-26,28,30H,1,6-10,14-22H2,2-4H3,(H,38,46)(H,39,43)(H,40,45). The molecule has 3 heterocycles. The second-order valence-corrected chi connectivity index (χ2v) is 17.8. The average molecular weight is 758 g/mol. The fraction of sp³-hybridized carbons (Fsp3) is 0.649. The maximum absolute atomic E-state index is 14.4. The van der Waals surface area contributed by atoms with Crippen molar-refractivity contribution in [1.29, 1.82) is 0 Å². The lowest BCUT2D eigenvalue weighted by molar-refractivity contribution is -0.142. The van der Waals surface area contributed by atoms with E-state index in [2.05, 4.69) is 21.9 Å². The number of carbonyl (C=O) groups excluding carboxylic acids is 5. The molecule has 1 saturated heterocycles. The summed E-state index contributed by atoms with van der Waals surface area (Å²) in [5.74, 6) is -2.03. The number of nitrogens with zero attached hydrogens (tertiary/aromatic N) is 2. The van der Waals surface area contributed by atoms with Crippen molar-refractivity contribution >= 4 is 39.9 Å². The smallest absolute Gasteiger partial charge is 0.410 e. The van der Waals surface area contributed by atoms with Crippen molar-refractivity contribution in [3.05, 3.63) is 42.0 Å². The van der Waals surface area contributed by atoms with Crippen molar-refractivity contribution in [3.63, 3.8) is 0 Å². The molecule has 0 spiro atoms. The second-order valence-electron chi connectivity index (χ2n) is 15.9. The van der Waals surface area contributed by atoms with Gasteiger partial charge in [0.1, 0.15) is 29.5 Å². The molecule has 2 aliphatic carbocycles. The van der Waals surface area contributed by atoms with E-state index in [1.165, 1.54) is 15.9 Å². The van der Waals surface area contributed by atoms with Crippen LogP contribution in [-0.2, 0) is 47.0 Å². The predicted octanol–water partition coefficient (Wildman–Crippen LogP) is 3.26. The van der Waals surface area contributed by atoms with Gasteiger partial charge in [-0.1, -0.05) is 58.2 Å². The highest BCUT2D eigenvalue weighted by Gasteiger charge is 2.62. The summed E-state index contributed by atoms with van der Waals surface area (Å²) < 4.78 is 45.0. The van der Waals surface area contributed by atoms with E-state index < -0.39 is 80.2 Å². The highest BCUT2D eigenvalue weighted by atomic mass is 32.2. The summed E-state index contributed by atoms with van der Waals surface area (Å²) in [7, 11) is -3.91. The predicted molar refractivity (Wildman–Crippen MR) is 192 cm³/mol. The van der Waals surface area contributed by atoms with Crippen LogP contribution < -0.4 is 20.1 Å². The van der Waals surface area contributed by atoms with E-state index in [0.29, 0.717) is 38.2 Å². The molecule has 5 unspecified atom stereocenters. The first-order chi connectivity index (χ1) is 25.1. The summed E-state index contributed by atoms with van der Waals surface area (Å²) in [6, 6.07) is 3.35. The van der Waals surface area contributed by atoms with Gasteiger partial charge in [-0.2, -0.15) is 0 Å². The number of alkyl carbamates (subject to hydrolysis) is 1. The van der Waals surface area contributed by atoms with Gasteiger partial charge in [0.25, 0.3) is 5.91 Å². The Bertz CT molecular complexity index is 1740. The third-order valence-corrected chi connectivity index (χ3v) is 12.5. The molecule has 15 nitrogen and oxygen atoms in total. The molecule has 1 aromatic rings. The SMILES string of the molecule is C=CC1CC1(NC(=O)C1CC2CN1C(=O)C(C(C)(C)C)NC(=O)OCCCCCCCOc1cccc3c1CN(C3)C(=O)O2)C(=O)NS(=O)(=O)C1CC1. The lowest BCUT2D eigenvalue weighted by Gasteiger charge is -2.35. The minimum absolute atomic E-state index is 0.101. The van der Waals surface area contributed by atoms with E-state index in [1.54, 1.807) is 20.8 Å². The molecule has 3 aliphatic heterocycles. The van der Waals surface area contributed by atoms with Crippen molar-refractivity contribution < 1.29 is 46.6 Å². The van der Waals surface area contributed by atoms with Crippen LogP contribution in [0.25, 0.3) is 0 Å². The monoisotopic (exact) mass is 757 g/mol. The third-order valence-electron chi connectivity index (χ3n) is 10.7. The number of hydrogen-bond donors (Lipinski definition) is 3. The number of cyclic esters (lactones) is 1. The topological polar surface area (TPSA) is 190 Å². The molecular weight excluding hydrogens is 706 g/mol. The molecule has 0 radical (unpaired) electrons. The number of amides is 5. The van der Waals surface area contributed by atoms with Gasteiger partial charge in [-0.05, 0) is 49.1 Å². The Kier molecular flexibility index (Phi) is 11.0. The Balaban J connectivity index is 1.25. The van der Waals surface area contributed by atoms with E-state index in [-0.39, 0.29) is 32.5 Å². The Morgan fingerprint density at radius 3 is 2.38 bits per heavy atom. The summed E-state index contributed by atoms with van der Waals surface area (Å²) in [6.45, 7) is 10.1. The van der Waals surface area contributed by atoms with Crippen LogP contribution in [0.1, 0.15) is 89.7 Å². The molecular formula is C37H51N5O10S. The maximum atomic E-state index is 14.4. The fourth-order valence-electron chi connectivity index (χ4n) is 7.32. The molecule has 2 saturated carbocycles. The largest absolute Gasteiger partial charge is 0.493 e. The molecule has 4 bridgehead atoms. The Hall–Kier alpha value is -4.34. The quantitative estimate of drug-likeness (QED) is 0.364. The second kappa shape index (κ2) is 15.2. The van der Waals surface area contributed by atoms with Gasteiger partial charge in [0, 0.05) is 24.4 Å². The number of rotatable bonds is 6. The summed E-state index contributed by atoms with van der Waals surface area (Å²) >= 11 is 0. The zero-order valence-electron chi connectivity index (χ0n) is 30.7. The number of hydrogen-bond acceptors (Lipinski definition) is 10. The summed E-state index contributed by atoms with van der Waals surface area (Å²) in [5, 5.41) is 4.78. The highest BCUT2D eigenvalue weighted by molar-refractivity contribution is 7.91. The van der Waals surface area contributed by atoms with E-state index in [0.717, 1.165) is 36.8 Å². The fourth-order valence-corrected chi connectivity index (χ4v) is 8.69. The number of benzene rings is 1. The van der Waals surface area contributed by atoms with Crippen LogP contribution in [0.2, 0.25) is 0 Å². The first kappa shape index (κ1) is 38.4. The van der Waals surface area contributed by atoms with E-state index in [9.17, 15) is 32.4 Å². The van der Waals surface area contributed by atoms with E-state index in [1.807, 2.05) is 18.2 Å². The first-order valence-corrected chi connectivity index (χ1v) is 20.1. The van der Waals surface area contributed by atoms with Crippen LogP contribution in [0.15, 0.2) is 30.9 Å². The van der Waals surface area contributed by atoms with Crippen LogP contribution in [0, 0.1) is 11.3 Å². The lowest BCUT2D eigenvalue weighted by Crippen LogP contribution is -2.60. The van der Waals surface area contributed by atoms with Crippen molar-refractivity contribution in [2.24, 2.45) is 11.3 Å². The van der Waals surface area contributed by atoms with E-state index in [4.69, 9.17) is 14.2 Å². The van der Waals surface area contributed by atoms with E-state index >= 15 is 0 Å². The van der Waals surface area contributed by atoms with Crippen molar-refractivity contribution in [2.75, 3.05) is 19.8 Å². The van der Waals surface area contributed by atoms with Crippen LogP contribution in [0.4, 0.5) is 9.59 Å². The van der Waals surface area contributed by atoms with Crippen LogP contribution in [0.5, 0.6) is 5.75 Å². The highest BCUT2D eigenvalue weighted by Crippen LogP contribution is 2.45. The van der Waals surface area contributed by atoms with Gasteiger partial charge in [0.05, 0.1) is 31.6 Å². The minimum atomic E-state index is -3.91. The number of ether oxygens (including phenoxy) is 3. The van der Waals surface area contributed by atoms with Gasteiger partial charge in [-0.25, -0.2) is 18.0 Å². The molecule has 5 amide bonds. The maximum Gasteiger partial charge on any atom is 0.410 e. The van der Waals surface area contributed by atoms with Crippen molar-refractivity contribution in [1.82, 2.24) is 25.2 Å². The molecule has 290 valence electrons. The van der Waals surface area contributed by atoms with Crippen LogP contribution >= 0.6 is 0 Å². The Morgan fingerprint density at radius 1 is 1.02 bits per heavy atom. The number of carbonyl (C=O) groups is 5. The van der Waals surface area contributed by atoms with Crippen LogP contribution in [0.3, 0.4) is 0 Å². The van der Waals surface area contributed by atoms with Gasteiger partial charge < -0.3 is 29.7 Å². The summed E-state index contributed by atoms with van der Waals surface area (Å²) in [6.07, 6.45) is 4.27. The van der Waals surface area contributed by atoms with Gasteiger partial charge in [-0.3, -0.25) is 24.0 Å². The molecule has 16 heteroatoms. The number of sulfonamides is 1. The Labute approximate surface area is 310 Å². The first-order valence-electron chi connectivity index (χ1n) is 18.6. The lowest BCUT2D eigenvalue weighted by atomic mass is 9.85. The molecule has 0 aromatic heterocycles. The van der Waals surface area contributed by atoms with Crippen molar-refractivity contribution in [3.8, 4) is 5.75 Å². The zero-order chi connectivity index (χ0) is 38.1. The molecule has 5 aliphatic rings. The summed E-state index contributed by atoms with van der Waals surface area (Å²) in [5.41, 5.74) is -0.570. The third kappa shape index (κ3) is 8.57. The minimum Gasteiger partial charge on any atom is -0.493 e. The van der Waals surface area contributed by atoms with Crippen LogP contribution in [-0.4, -0.2) is 96.9 Å². The van der Waals surface area contributed by atoms with Gasteiger partial charge in [0.2, 0.25) is 21.8 Å². The molecule has 5 atom stereocenters. The normalized spacial score (nSPS) is 28.6. The molecule has 53 heavy (non-hydrogen) atoms. The molecule has 3 fully saturated rings. The van der Waals surface area contributed by atoms with Gasteiger partial charge in [0.15, 0.2) is 0 Å². The Morgan fingerprint density at radius 2 is 1.72 bits per heavy atom. The zero-order valence-corrected chi connectivity index (χ0v) is 31.5. The summed E-state index contributed by atoms with van der Waals surface area (Å²) in [4.78, 5) is 71.4. The molecule has 1 aromatic carbocycles. The van der Waals surface area contributed by atoms with Gasteiger partial charge in [-0.15, -0.1) is 6.58 Å².